The molecule has 3 rings (SSSR count). The van der Waals surface area contributed by atoms with Gasteiger partial charge in [-0.2, -0.15) is 0 Å². The van der Waals surface area contributed by atoms with E-state index in [-0.39, 0.29) is 35.0 Å². The average Bonchev–Trinajstić information content (AvgIpc) is 2.78. The molecule has 1 atom stereocenters. The van der Waals surface area contributed by atoms with Crippen molar-refractivity contribution in [2.24, 2.45) is 0 Å². The van der Waals surface area contributed by atoms with Crippen LogP contribution < -0.4 is 0 Å². The molecule has 2 aromatic carbocycles. The zero-order valence-electron chi connectivity index (χ0n) is 19.4. The molecule has 0 N–H and O–H groups in total. The van der Waals surface area contributed by atoms with Crippen LogP contribution in [0.15, 0.2) is 58.8 Å². The van der Waals surface area contributed by atoms with Gasteiger partial charge in [-0.05, 0) is 36.1 Å². The Morgan fingerprint density at radius 2 is 1.85 bits per heavy atom. The molecule has 8 heteroatoms. The van der Waals surface area contributed by atoms with Gasteiger partial charge in [0.25, 0.3) is 11.6 Å². The van der Waals surface area contributed by atoms with Crippen LogP contribution in [-0.2, 0) is 9.59 Å². The summed E-state index contributed by atoms with van der Waals surface area (Å²) in [7, 11) is 0. The molecule has 1 saturated heterocycles. The first-order valence-corrected chi connectivity index (χ1v) is 11.7. The van der Waals surface area contributed by atoms with Crippen molar-refractivity contribution in [3.8, 4) is 0 Å². The van der Waals surface area contributed by atoms with Crippen molar-refractivity contribution in [1.82, 2.24) is 9.80 Å². The predicted octanol–water partition coefficient (Wildman–Crippen LogP) is 4.96. The summed E-state index contributed by atoms with van der Waals surface area (Å²) in [4.78, 5) is 41.0. The van der Waals surface area contributed by atoms with Crippen LogP contribution >= 0.6 is 11.8 Å². The van der Waals surface area contributed by atoms with Crippen molar-refractivity contribution >= 4 is 34.8 Å². The number of nitro benzene ring substituents is 1. The minimum absolute atomic E-state index is 0.0174. The largest absolute Gasteiger partial charge is 0.337 e. The van der Waals surface area contributed by atoms with Gasteiger partial charge in [0.05, 0.1) is 9.82 Å². The summed E-state index contributed by atoms with van der Waals surface area (Å²) in [5, 5.41) is 11.8. The van der Waals surface area contributed by atoms with E-state index in [4.69, 9.17) is 0 Å². The SMILES string of the molecule is C=C(C(=O)N1CCN(C(C)=O)C(C)C1)c1ccc(Sc2ccccc2C(C)C)c([N+](=O)[O-])c1. The maximum atomic E-state index is 13.0. The number of benzene rings is 2. The van der Waals surface area contributed by atoms with E-state index in [2.05, 4.69) is 20.4 Å². The number of nitrogens with zero attached hydrogens (tertiary/aromatic N) is 3. The van der Waals surface area contributed by atoms with Crippen molar-refractivity contribution in [2.75, 3.05) is 19.6 Å². The Morgan fingerprint density at radius 3 is 2.45 bits per heavy atom. The molecule has 1 unspecified atom stereocenters. The van der Waals surface area contributed by atoms with Crippen LogP contribution in [0.25, 0.3) is 5.57 Å². The van der Waals surface area contributed by atoms with Gasteiger partial charge in [0.2, 0.25) is 5.91 Å². The summed E-state index contributed by atoms with van der Waals surface area (Å²) in [5.41, 5.74) is 1.70. The number of rotatable bonds is 6. The second kappa shape index (κ2) is 10.2. The van der Waals surface area contributed by atoms with Crippen LogP contribution in [0.4, 0.5) is 5.69 Å². The maximum absolute atomic E-state index is 13.0. The van der Waals surface area contributed by atoms with Crippen LogP contribution in [0.3, 0.4) is 0 Å². The highest BCUT2D eigenvalue weighted by atomic mass is 32.2. The first kappa shape index (κ1) is 24.5. The van der Waals surface area contributed by atoms with Crippen molar-refractivity contribution in [3.05, 3.63) is 70.3 Å². The minimum atomic E-state index is -0.421. The van der Waals surface area contributed by atoms with E-state index in [9.17, 15) is 19.7 Å². The molecule has 0 aromatic heterocycles. The third-order valence-electron chi connectivity index (χ3n) is 5.84. The number of piperazine rings is 1. The summed E-state index contributed by atoms with van der Waals surface area (Å²) in [6.07, 6.45) is 0. The maximum Gasteiger partial charge on any atom is 0.283 e. The monoisotopic (exact) mass is 467 g/mol. The molecule has 1 aliphatic rings. The third kappa shape index (κ3) is 5.45. The number of hydrogen-bond acceptors (Lipinski definition) is 5. The van der Waals surface area contributed by atoms with Crippen LogP contribution in [0.5, 0.6) is 0 Å². The Morgan fingerprint density at radius 1 is 1.15 bits per heavy atom. The van der Waals surface area contributed by atoms with Crippen molar-refractivity contribution in [3.63, 3.8) is 0 Å². The molecule has 2 amide bonds. The van der Waals surface area contributed by atoms with Gasteiger partial charge in [0.15, 0.2) is 0 Å². The van der Waals surface area contributed by atoms with E-state index in [1.807, 2.05) is 31.2 Å². The van der Waals surface area contributed by atoms with Gasteiger partial charge < -0.3 is 9.80 Å². The highest BCUT2D eigenvalue weighted by Gasteiger charge is 2.30. The molecule has 174 valence electrons. The van der Waals surface area contributed by atoms with E-state index < -0.39 is 4.92 Å². The van der Waals surface area contributed by atoms with Gasteiger partial charge in [0.1, 0.15) is 0 Å². The van der Waals surface area contributed by atoms with E-state index in [1.54, 1.807) is 21.9 Å². The molecule has 0 spiro atoms. The van der Waals surface area contributed by atoms with Crippen molar-refractivity contribution < 1.29 is 14.5 Å². The Labute approximate surface area is 198 Å². The fraction of sp³-hybridized carbons (Fsp3) is 0.360. The molecular weight excluding hydrogens is 438 g/mol. The molecule has 1 fully saturated rings. The lowest BCUT2D eigenvalue weighted by Crippen LogP contribution is -2.55. The minimum Gasteiger partial charge on any atom is -0.337 e. The van der Waals surface area contributed by atoms with Gasteiger partial charge in [-0.3, -0.25) is 19.7 Å². The third-order valence-corrected chi connectivity index (χ3v) is 7.00. The number of amides is 2. The van der Waals surface area contributed by atoms with Crippen LogP contribution in [0.2, 0.25) is 0 Å². The highest BCUT2D eigenvalue weighted by Crippen LogP contribution is 2.39. The first-order chi connectivity index (χ1) is 15.6. The van der Waals surface area contributed by atoms with Crippen molar-refractivity contribution in [2.45, 2.75) is 49.4 Å². The summed E-state index contributed by atoms with van der Waals surface area (Å²) in [6, 6.07) is 12.6. The Hall–Kier alpha value is -3.13. The lowest BCUT2D eigenvalue weighted by atomic mass is 10.0. The first-order valence-electron chi connectivity index (χ1n) is 10.9. The summed E-state index contributed by atoms with van der Waals surface area (Å²) < 4.78 is 0. The Bertz CT molecular complexity index is 1100. The zero-order valence-corrected chi connectivity index (χ0v) is 20.2. The smallest absolute Gasteiger partial charge is 0.283 e. The average molecular weight is 468 g/mol. The van der Waals surface area contributed by atoms with Crippen molar-refractivity contribution in [1.29, 1.82) is 0 Å². The second-order valence-corrected chi connectivity index (χ2v) is 9.61. The molecule has 2 aromatic rings. The molecule has 0 radical (unpaired) electrons. The van der Waals surface area contributed by atoms with E-state index in [0.29, 0.717) is 30.1 Å². The fourth-order valence-electron chi connectivity index (χ4n) is 4.03. The normalized spacial score (nSPS) is 16.1. The molecule has 0 saturated carbocycles. The zero-order chi connectivity index (χ0) is 24.3. The quantitative estimate of drug-likeness (QED) is 0.341. The van der Waals surface area contributed by atoms with Crippen LogP contribution in [0, 0.1) is 10.1 Å². The summed E-state index contributed by atoms with van der Waals surface area (Å²) in [6.45, 7) is 12.8. The van der Waals surface area contributed by atoms with Gasteiger partial charge >= 0.3 is 0 Å². The fourth-order valence-corrected chi connectivity index (χ4v) is 5.21. The molecule has 33 heavy (non-hydrogen) atoms. The second-order valence-electron chi connectivity index (χ2n) is 8.53. The molecule has 7 nitrogen and oxygen atoms in total. The predicted molar refractivity (Wildman–Crippen MR) is 130 cm³/mol. The standard InChI is InChI=1S/C25H29N3O4S/c1-16(2)21-8-6-7-9-23(21)33-24-11-10-20(14-22(24)28(31)32)18(4)25(30)26-12-13-27(19(5)29)17(3)15-26/h6-11,14,16-17H,4,12-13,15H2,1-3,5H3. The van der Waals surface area contributed by atoms with Gasteiger partial charge in [-0.15, -0.1) is 0 Å². The lowest BCUT2D eigenvalue weighted by Gasteiger charge is -2.39. The summed E-state index contributed by atoms with van der Waals surface area (Å²) >= 11 is 1.35. The molecule has 1 aliphatic heterocycles. The van der Waals surface area contributed by atoms with E-state index in [0.717, 1.165) is 10.5 Å². The lowest BCUT2D eigenvalue weighted by molar-refractivity contribution is -0.387. The van der Waals surface area contributed by atoms with Crippen LogP contribution in [0.1, 0.15) is 44.7 Å². The van der Waals surface area contributed by atoms with E-state index >= 15 is 0 Å². The Balaban J connectivity index is 1.83. The number of carbonyl (C=O) groups is 2. The van der Waals surface area contributed by atoms with Gasteiger partial charge in [-0.1, -0.05) is 56.5 Å². The van der Waals surface area contributed by atoms with Crippen LogP contribution in [-0.4, -0.2) is 52.2 Å². The molecule has 0 aliphatic carbocycles. The van der Waals surface area contributed by atoms with Gasteiger partial charge in [-0.25, -0.2) is 0 Å². The molecule has 1 heterocycles. The topological polar surface area (TPSA) is 83.8 Å². The Kier molecular flexibility index (Phi) is 7.58. The van der Waals surface area contributed by atoms with E-state index in [1.165, 1.54) is 24.8 Å². The number of carbonyl (C=O) groups excluding carboxylic acids is 2. The van der Waals surface area contributed by atoms with Gasteiger partial charge in [0, 0.05) is 49.1 Å². The molecular formula is C25H29N3O4S. The summed E-state index contributed by atoms with van der Waals surface area (Å²) in [5.74, 6) is -0.00336. The number of nitro groups is 1. The number of hydrogen-bond donors (Lipinski definition) is 0. The molecule has 0 bridgehead atoms. The highest BCUT2D eigenvalue weighted by molar-refractivity contribution is 7.99.